The molecule has 0 aromatic carbocycles. The fourth-order valence-electron chi connectivity index (χ4n) is 2.55. The number of aromatic nitrogens is 2. The summed E-state index contributed by atoms with van der Waals surface area (Å²) in [5.41, 5.74) is 6.28. The standard InChI is InChI=1S/C12H18F3N5O2/c1-19-10(7(16)6-17-19)20-4-2-8(9(21)3-5-20)18-11(22)12(13,14)15/h6,8-9,21H,2-5,16H2,1H3,(H,18,22)/t8-,9-/m0/s1. The SMILES string of the molecule is Cn1ncc(N)c1N1CC[C@H](NC(=O)C(F)(F)F)[C@@H](O)CC1. The number of aliphatic hydroxyl groups is 1. The number of carbonyl (C=O) groups is 1. The molecule has 0 aliphatic carbocycles. The second-order valence-corrected chi connectivity index (χ2v) is 5.26. The van der Waals surface area contributed by atoms with Gasteiger partial charge in [-0.25, -0.2) is 0 Å². The van der Waals surface area contributed by atoms with Crippen LogP contribution in [0.2, 0.25) is 0 Å². The van der Waals surface area contributed by atoms with Crippen LogP contribution in [0.3, 0.4) is 0 Å². The number of hydrogen-bond acceptors (Lipinski definition) is 5. The Morgan fingerprint density at radius 3 is 2.64 bits per heavy atom. The molecule has 7 nitrogen and oxygen atoms in total. The summed E-state index contributed by atoms with van der Waals surface area (Å²) in [5.74, 6) is -1.39. The quantitative estimate of drug-likeness (QED) is 0.713. The van der Waals surface area contributed by atoms with Crippen LogP contribution in [0.1, 0.15) is 12.8 Å². The molecule has 1 aromatic rings. The summed E-state index contributed by atoms with van der Waals surface area (Å²) in [6.45, 7) is 0.757. The van der Waals surface area contributed by atoms with Gasteiger partial charge in [-0.2, -0.15) is 18.3 Å². The Bertz CT molecular complexity index is 526. The minimum absolute atomic E-state index is 0.174. The highest BCUT2D eigenvalue weighted by molar-refractivity contribution is 5.82. The molecule has 0 radical (unpaired) electrons. The second-order valence-electron chi connectivity index (χ2n) is 5.26. The van der Waals surface area contributed by atoms with Crippen LogP contribution in [0, 0.1) is 0 Å². The van der Waals surface area contributed by atoms with Crippen LogP contribution >= 0.6 is 0 Å². The molecule has 124 valence electrons. The molecule has 2 atom stereocenters. The molecule has 2 heterocycles. The van der Waals surface area contributed by atoms with Crippen LogP contribution in [0.4, 0.5) is 24.7 Å². The predicted octanol–water partition coefficient (Wildman–Crippen LogP) is 0.0105. The highest BCUT2D eigenvalue weighted by atomic mass is 19.4. The number of nitrogens with zero attached hydrogens (tertiary/aromatic N) is 3. The minimum atomic E-state index is -4.96. The average molecular weight is 321 g/mol. The molecular weight excluding hydrogens is 303 g/mol. The van der Waals surface area contributed by atoms with E-state index in [0.29, 0.717) is 24.6 Å². The van der Waals surface area contributed by atoms with Gasteiger partial charge in [-0.15, -0.1) is 0 Å². The highest BCUT2D eigenvalue weighted by Gasteiger charge is 2.41. The number of nitrogens with one attached hydrogen (secondary N) is 1. The zero-order valence-corrected chi connectivity index (χ0v) is 12.0. The number of carbonyl (C=O) groups excluding carboxylic acids is 1. The molecule has 0 saturated carbocycles. The lowest BCUT2D eigenvalue weighted by molar-refractivity contribution is -0.175. The maximum atomic E-state index is 12.3. The van der Waals surface area contributed by atoms with Gasteiger partial charge >= 0.3 is 12.1 Å². The summed E-state index contributed by atoms with van der Waals surface area (Å²) in [6.07, 6.45) is -4.13. The first-order valence-electron chi connectivity index (χ1n) is 6.78. The van der Waals surface area contributed by atoms with Gasteiger partial charge in [-0.3, -0.25) is 9.48 Å². The predicted molar refractivity (Wildman–Crippen MR) is 73.1 cm³/mol. The third kappa shape index (κ3) is 3.43. The summed E-state index contributed by atoms with van der Waals surface area (Å²) >= 11 is 0. The lowest BCUT2D eigenvalue weighted by Crippen LogP contribution is -2.48. The largest absolute Gasteiger partial charge is 0.471 e. The van der Waals surface area contributed by atoms with Gasteiger partial charge in [0, 0.05) is 20.1 Å². The van der Waals surface area contributed by atoms with E-state index < -0.39 is 24.2 Å². The topological polar surface area (TPSA) is 96.4 Å². The van der Waals surface area contributed by atoms with E-state index in [9.17, 15) is 23.1 Å². The van der Waals surface area contributed by atoms with Gasteiger partial charge in [0.2, 0.25) is 0 Å². The van der Waals surface area contributed by atoms with Gasteiger partial charge in [-0.1, -0.05) is 0 Å². The first-order valence-corrected chi connectivity index (χ1v) is 6.78. The van der Waals surface area contributed by atoms with Gasteiger partial charge in [-0.05, 0) is 12.8 Å². The van der Waals surface area contributed by atoms with Gasteiger partial charge < -0.3 is 21.1 Å². The minimum Gasteiger partial charge on any atom is -0.394 e. The molecule has 1 aliphatic rings. The number of nitrogens with two attached hydrogens (primary N) is 1. The third-order valence-electron chi connectivity index (χ3n) is 3.68. The van der Waals surface area contributed by atoms with Crippen molar-refractivity contribution in [2.45, 2.75) is 31.2 Å². The Labute approximate surface area is 124 Å². The Balaban J connectivity index is 2.06. The second kappa shape index (κ2) is 6.03. The number of aryl methyl sites for hydroxylation is 1. The molecule has 0 bridgehead atoms. The van der Waals surface area contributed by atoms with E-state index in [1.807, 2.05) is 10.2 Å². The maximum Gasteiger partial charge on any atom is 0.471 e. The number of halogens is 3. The van der Waals surface area contributed by atoms with E-state index >= 15 is 0 Å². The average Bonchev–Trinajstić information content (AvgIpc) is 2.64. The van der Waals surface area contributed by atoms with E-state index in [2.05, 4.69) is 5.10 Å². The Hall–Kier alpha value is -1.97. The number of rotatable bonds is 2. The summed E-state index contributed by atoms with van der Waals surface area (Å²) in [6, 6.07) is -0.950. The van der Waals surface area contributed by atoms with Gasteiger partial charge in [0.15, 0.2) is 0 Å². The van der Waals surface area contributed by atoms with E-state index in [4.69, 9.17) is 5.73 Å². The van der Waals surface area contributed by atoms with Crippen LogP contribution in [-0.2, 0) is 11.8 Å². The summed E-state index contributed by atoms with van der Waals surface area (Å²) < 4.78 is 38.5. The van der Waals surface area contributed by atoms with Crippen molar-refractivity contribution in [2.75, 3.05) is 23.7 Å². The number of amides is 1. The third-order valence-corrected chi connectivity index (χ3v) is 3.68. The molecule has 4 N–H and O–H groups in total. The van der Waals surface area contributed by atoms with Crippen LogP contribution < -0.4 is 16.0 Å². The monoisotopic (exact) mass is 321 g/mol. The molecule has 1 fully saturated rings. The molecule has 2 rings (SSSR count). The van der Waals surface area contributed by atoms with Gasteiger partial charge in [0.05, 0.1) is 24.0 Å². The first-order chi connectivity index (χ1) is 10.2. The number of anilines is 2. The Morgan fingerprint density at radius 2 is 2.09 bits per heavy atom. The van der Waals surface area contributed by atoms with Crippen LogP contribution in [0.25, 0.3) is 0 Å². The molecule has 1 saturated heterocycles. The highest BCUT2D eigenvalue weighted by Crippen LogP contribution is 2.25. The maximum absolute atomic E-state index is 12.3. The lowest BCUT2D eigenvalue weighted by Gasteiger charge is -2.23. The molecule has 0 spiro atoms. The lowest BCUT2D eigenvalue weighted by atomic mass is 10.1. The first kappa shape index (κ1) is 16.4. The van der Waals surface area contributed by atoms with Crippen molar-refractivity contribution in [2.24, 2.45) is 7.05 Å². The zero-order valence-electron chi connectivity index (χ0n) is 12.0. The van der Waals surface area contributed by atoms with E-state index in [1.165, 1.54) is 6.20 Å². The normalized spacial score (nSPS) is 23.2. The van der Waals surface area contributed by atoms with Crippen molar-refractivity contribution in [1.29, 1.82) is 0 Å². The van der Waals surface area contributed by atoms with Crippen LogP contribution in [-0.4, -0.2) is 52.2 Å². The van der Waals surface area contributed by atoms with Gasteiger partial charge in [0.25, 0.3) is 0 Å². The molecule has 10 heteroatoms. The van der Waals surface area contributed by atoms with Gasteiger partial charge in [0.1, 0.15) is 5.82 Å². The van der Waals surface area contributed by atoms with E-state index in [1.54, 1.807) is 11.7 Å². The molecule has 22 heavy (non-hydrogen) atoms. The van der Waals surface area contributed by atoms with Crippen LogP contribution in [0.5, 0.6) is 0 Å². The fraction of sp³-hybridized carbons (Fsp3) is 0.667. The number of nitrogen functional groups attached to an aromatic ring is 1. The summed E-state index contributed by atoms with van der Waals surface area (Å²) in [7, 11) is 1.70. The molecular formula is C12H18F3N5O2. The van der Waals surface area contributed by atoms with Crippen molar-refractivity contribution in [3.05, 3.63) is 6.20 Å². The number of alkyl halides is 3. The van der Waals surface area contributed by atoms with Crippen molar-refractivity contribution in [3.63, 3.8) is 0 Å². The van der Waals surface area contributed by atoms with E-state index in [-0.39, 0.29) is 12.8 Å². The number of hydrogen-bond donors (Lipinski definition) is 3. The molecule has 0 unspecified atom stereocenters. The van der Waals surface area contributed by atoms with Crippen LogP contribution in [0.15, 0.2) is 6.20 Å². The molecule has 1 amide bonds. The van der Waals surface area contributed by atoms with Crippen molar-refractivity contribution in [3.8, 4) is 0 Å². The fourth-order valence-corrected chi connectivity index (χ4v) is 2.55. The molecule has 1 aromatic heterocycles. The smallest absolute Gasteiger partial charge is 0.394 e. The van der Waals surface area contributed by atoms with E-state index in [0.717, 1.165) is 0 Å². The summed E-state index contributed by atoms with van der Waals surface area (Å²) in [5, 5.41) is 15.8. The zero-order chi connectivity index (χ0) is 16.5. The number of aliphatic hydroxyl groups excluding tert-OH is 1. The van der Waals surface area contributed by atoms with Crippen molar-refractivity contribution >= 4 is 17.4 Å². The van der Waals surface area contributed by atoms with Crippen molar-refractivity contribution in [1.82, 2.24) is 15.1 Å². The van der Waals surface area contributed by atoms with Crippen molar-refractivity contribution < 1.29 is 23.1 Å². The molecule has 1 aliphatic heterocycles. The Morgan fingerprint density at radius 1 is 1.45 bits per heavy atom. The summed E-state index contributed by atoms with van der Waals surface area (Å²) in [4.78, 5) is 12.9. The Kier molecular flexibility index (Phi) is 4.50.